The number of halogens is 2. The number of nitrogens with one attached hydrogen (secondary N) is 1. The zero-order valence-corrected chi connectivity index (χ0v) is 16.6. The van der Waals surface area contributed by atoms with Crippen molar-refractivity contribution in [1.82, 2.24) is 9.88 Å². The van der Waals surface area contributed by atoms with Gasteiger partial charge in [0.25, 0.3) is 0 Å². The van der Waals surface area contributed by atoms with Crippen LogP contribution in [-0.2, 0) is 13.1 Å². The fourth-order valence-corrected chi connectivity index (χ4v) is 3.80. The molecule has 0 fully saturated rings. The van der Waals surface area contributed by atoms with Gasteiger partial charge in [0.05, 0.1) is 6.61 Å². The van der Waals surface area contributed by atoms with E-state index >= 15 is 0 Å². The Morgan fingerprint density at radius 1 is 1.15 bits per heavy atom. The molecule has 0 spiro atoms. The Balaban J connectivity index is 1.99. The van der Waals surface area contributed by atoms with Crippen molar-refractivity contribution in [3.8, 4) is 0 Å². The summed E-state index contributed by atoms with van der Waals surface area (Å²) in [6.45, 7) is 5.79. The van der Waals surface area contributed by atoms with Gasteiger partial charge < -0.3 is 15.0 Å². The van der Waals surface area contributed by atoms with Crippen LogP contribution in [0.2, 0.25) is 10.0 Å². The molecule has 0 saturated carbocycles. The van der Waals surface area contributed by atoms with E-state index < -0.39 is 0 Å². The SMILES string of the molecule is CC[C@H](CO)NCc1c(C)n(Cc2ccc(Cl)cc2Cl)c2ccccc12. The van der Waals surface area contributed by atoms with Crippen LogP contribution < -0.4 is 5.32 Å². The van der Waals surface area contributed by atoms with Crippen LogP contribution in [0.1, 0.15) is 30.2 Å². The van der Waals surface area contributed by atoms with Gasteiger partial charge in [-0.25, -0.2) is 0 Å². The van der Waals surface area contributed by atoms with Gasteiger partial charge in [-0.3, -0.25) is 0 Å². The van der Waals surface area contributed by atoms with E-state index in [1.165, 1.54) is 22.2 Å². The molecule has 5 heteroatoms. The minimum atomic E-state index is 0.113. The average molecular weight is 391 g/mol. The Bertz CT molecular complexity index is 900. The lowest BCUT2D eigenvalue weighted by Crippen LogP contribution is -2.31. The first-order chi connectivity index (χ1) is 12.5. The van der Waals surface area contributed by atoms with Crippen molar-refractivity contribution in [1.29, 1.82) is 0 Å². The number of aliphatic hydroxyl groups is 1. The molecule has 3 aromatic rings. The number of benzene rings is 2. The quantitative estimate of drug-likeness (QED) is 0.583. The topological polar surface area (TPSA) is 37.2 Å². The highest BCUT2D eigenvalue weighted by Gasteiger charge is 2.16. The van der Waals surface area contributed by atoms with Gasteiger partial charge in [-0.1, -0.05) is 54.4 Å². The third-order valence-electron chi connectivity index (χ3n) is 4.99. The van der Waals surface area contributed by atoms with Crippen LogP contribution in [0.5, 0.6) is 0 Å². The van der Waals surface area contributed by atoms with Gasteiger partial charge in [-0.05, 0) is 42.7 Å². The van der Waals surface area contributed by atoms with Crippen molar-refractivity contribution in [3.05, 3.63) is 69.3 Å². The van der Waals surface area contributed by atoms with Gasteiger partial charge in [0.2, 0.25) is 0 Å². The summed E-state index contributed by atoms with van der Waals surface area (Å²) in [5.41, 5.74) is 4.70. The predicted octanol–water partition coefficient (Wildman–Crippen LogP) is 5.17. The molecular weight excluding hydrogens is 367 g/mol. The lowest BCUT2D eigenvalue weighted by Gasteiger charge is -2.14. The number of aliphatic hydroxyl groups excluding tert-OH is 1. The highest BCUT2D eigenvalue weighted by Crippen LogP contribution is 2.29. The smallest absolute Gasteiger partial charge is 0.0584 e. The molecule has 1 aromatic heterocycles. The van der Waals surface area contributed by atoms with Crippen LogP contribution in [0.3, 0.4) is 0 Å². The molecule has 0 aliphatic carbocycles. The van der Waals surface area contributed by atoms with E-state index in [0.717, 1.165) is 18.5 Å². The van der Waals surface area contributed by atoms with Crippen molar-refractivity contribution in [2.24, 2.45) is 0 Å². The van der Waals surface area contributed by atoms with Gasteiger partial charge >= 0.3 is 0 Å². The lowest BCUT2D eigenvalue weighted by molar-refractivity contribution is 0.238. The maximum atomic E-state index is 9.45. The number of nitrogens with zero attached hydrogens (tertiary/aromatic N) is 1. The number of hydrogen-bond donors (Lipinski definition) is 2. The highest BCUT2D eigenvalue weighted by molar-refractivity contribution is 6.35. The van der Waals surface area contributed by atoms with Gasteiger partial charge in [-0.2, -0.15) is 0 Å². The fraction of sp³-hybridized carbons (Fsp3) is 0.333. The lowest BCUT2D eigenvalue weighted by atomic mass is 10.1. The fourth-order valence-electron chi connectivity index (χ4n) is 3.33. The molecule has 0 bridgehead atoms. The van der Waals surface area contributed by atoms with E-state index in [1.54, 1.807) is 6.07 Å². The second-order valence-electron chi connectivity index (χ2n) is 6.57. The van der Waals surface area contributed by atoms with Crippen molar-refractivity contribution in [3.63, 3.8) is 0 Å². The van der Waals surface area contributed by atoms with Crippen LogP contribution >= 0.6 is 23.2 Å². The van der Waals surface area contributed by atoms with Gasteiger partial charge in [0.1, 0.15) is 0 Å². The molecule has 0 saturated heterocycles. The minimum absolute atomic E-state index is 0.113. The number of para-hydroxylation sites is 1. The van der Waals surface area contributed by atoms with E-state index in [1.807, 2.05) is 12.1 Å². The largest absolute Gasteiger partial charge is 0.395 e. The molecule has 0 amide bonds. The molecule has 1 atom stereocenters. The summed E-state index contributed by atoms with van der Waals surface area (Å²) in [7, 11) is 0. The number of fused-ring (bicyclic) bond motifs is 1. The molecular formula is C21H24Cl2N2O. The molecule has 26 heavy (non-hydrogen) atoms. The van der Waals surface area contributed by atoms with E-state index in [0.29, 0.717) is 16.6 Å². The summed E-state index contributed by atoms with van der Waals surface area (Å²) in [5.74, 6) is 0. The maximum absolute atomic E-state index is 9.45. The molecule has 0 aliphatic heterocycles. The summed E-state index contributed by atoms with van der Waals surface area (Å²) < 4.78 is 2.29. The second kappa shape index (κ2) is 8.45. The van der Waals surface area contributed by atoms with E-state index in [4.69, 9.17) is 23.2 Å². The highest BCUT2D eigenvalue weighted by atomic mass is 35.5. The standard InChI is InChI=1S/C21H24Cl2N2O/c1-3-17(13-26)24-11-19-14(2)25(21-7-5-4-6-18(19)21)12-15-8-9-16(22)10-20(15)23/h4-10,17,24,26H,3,11-13H2,1-2H3/t17-/m1/s1. The van der Waals surface area contributed by atoms with Gasteiger partial charge in [0, 0.05) is 45.8 Å². The molecule has 2 aromatic carbocycles. The summed E-state index contributed by atoms with van der Waals surface area (Å²) in [5, 5.41) is 15.5. The molecule has 138 valence electrons. The number of aromatic nitrogens is 1. The van der Waals surface area contributed by atoms with Crippen LogP contribution in [0.15, 0.2) is 42.5 Å². The minimum Gasteiger partial charge on any atom is -0.395 e. The van der Waals surface area contributed by atoms with Crippen molar-refractivity contribution < 1.29 is 5.11 Å². The summed E-state index contributed by atoms with van der Waals surface area (Å²) >= 11 is 12.4. The molecule has 3 rings (SSSR count). The van der Waals surface area contributed by atoms with Crippen molar-refractivity contribution in [2.45, 2.75) is 39.4 Å². The summed E-state index contributed by atoms with van der Waals surface area (Å²) in [6, 6.07) is 14.2. The molecule has 0 unspecified atom stereocenters. The first kappa shape index (κ1) is 19.2. The first-order valence-electron chi connectivity index (χ1n) is 8.90. The molecule has 0 aliphatic rings. The second-order valence-corrected chi connectivity index (χ2v) is 7.42. The molecule has 2 N–H and O–H groups in total. The van der Waals surface area contributed by atoms with E-state index in [2.05, 4.69) is 48.0 Å². The van der Waals surface area contributed by atoms with Crippen molar-refractivity contribution >= 4 is 34.1 Å². The first-order valence-corrected chi connectivity index (χ1v) is 9.65. The van der Waals surface area contributed by atoms with Crippen molar-refractivity contribution in [2.75, 3.05) is 6.61 Å². The summed E-state index contributed by atoms with van der Waals surface area (Å²) in [4.78, 5) is 0. The number of hydrogen-bond acceptors (Lipinski definition) is 2. The number of rotatable bonds is 7. The Labute approximate surface area is 164 Å². The van der Waals surface area contributed by atoms with Crippen LogP contribution in [0.25, 0.3) is 10.9 Å². The summed E-state index contributed by atoms with van der Waals surface area (Å²) in [6.07, 6.45) is 0.897. The molecule has 3 nitrogen and oxygen atoms in total. The molecule has 1 heterocycles. The van der Waals surface area contributed by atoms with E-state index in [9.17, 15) is 5.11 Å². The Morgan fingerprint density at radius 3 is 2.62 bits per heavy atom. The Morgan fingerprint density at radius 2 is 1.92 bits per heavy atom. The maximum Gasteiger partial charge on any atom is 0.0584 e. The predicted molar refractivity (Wildman–Crippen MR) is 110 cm³/mol. The average Bonchev–Trinajstić information content (AvgIpc) is 2.90. The Hall–Kier alpha value is -1.52. The monoisotopic (exact) mass is 390 g/mol. The zero-order valence-electron chi connectivity index (χ0n) is 15.1. The normalized spacial score (nSPS) is 12.7. The third kappa shape index (κ3) is 3.91. The van der Waals surface area contributed by atoms with Gasteiger partial charge in [0.15, 0.2) is 0 Å². The Kier molecular flexibility index (Phi) is 6.25. The third-order valence-corrected chi connectivity index (χ3v) is 5.57. The molecule has 0 radical (unpaired) electrons. The van der Waals surface area contributed by atoms with Gasteiger partial charge in [-0.15, -0.1) is 0 Å². The van der Waals surface area contributed by atoms with Crippen LogP contribution in [0, 0.1) is 6.92 Å². The van der Waals surface area contributed by atoms with Crippen LogP contribution in [-0.4, -0.2) is 22.3 Å². The van der Waals surface area contributed by atoms with Crippen LogP contribution in [0.4, 0.5) is 0 Å². The van der Waals surface area contributed by atoms with E-state index in [-0.39, 0.29) is 12.6 Å². The zero-order chi connectivity index (χ0) is 18.7.